The molecule has 3 nitrogen and oxygen atoms in total. The van der Waals surface area contributed by atoms with Crippen LogP contribution >= 0.6 is 27.3 Å². The van der Waals surface area contributed by atoms with Crippen molar-refractivity contribution in [2.75, 3.05) is 5.73 Å². The molecule has 0 atom stereocenters. The average molecular weight is 312 g/mol. The lowest BCUT2D eigenvalue weighted by Crippen LogP contribution is -2.13. The summed E-state index contributed by atoms with van der Waals surface area (Å²) in [5, 5.41) is 6.54. The second kappa shape index (κ2) is 5.62. The Labute approximate surface area is 113 Å². The van der Waals surface area contributed by atoms with Gasteiger partial charge in [-0.05, 0) is 30.7 Å². The first-order chi connectivity index (χ1) is 8.15. The number of nitrogens with two attached hydrogens (primary N) is 1. The van der Waals surface area contributed by atoms with Gasteiger partial charge in [-0.3, -0.25) is 0 Å². The van der Waals surface area contributed by atoms with E-state index < -0.39 is 0 Å². The van der Waals surface area contributed by atoms with E-state index in [0.717, 1.165) is 39.5 Å². The highest BCUT2D eigenvalue weighted by Crippen LogP contribution is 2.19. The summed E-state index contributed by atoms with van der Waals surface area (Å²) in [5.41, 5.74) is 8.80. The van der Waals surface area contributed by atoms with E-state index in [9.17, 15) is 0 Å². The van der Waals surface area contributed by atoms with Crippen LogP contribution in [0, 0.1) is 6.92 Å². The fraction of sp³-hybridized carbons (Fsp3) is 0.250. The summed E-state index contributed by atoms with van der Waals surface area (Å²) in [5.74, 6) is 0. The van der Waals surface area contributed by atoms with Gasteiger partial charge in [0.15, 0.2) is 0 Å². The number of anilines is 1. The Balaban J connectivity index is 1.91. The topological polar surface area (TPSA) is 50.9 Å². The number of benzene rings is 1. The number of rotatable bonds is 4. The van der Waals surface area contributed by atoms with Crippen molar-refractivity contribution in [3.05, 3.63) is 44.3 Å². The molecule has 2 rings (SSSR count). The predicted molar refractivity (Wildman–Crippen MR) is 75.9 cm³/mol. The summed E-state index contributed by atoms with van der Waals surface area (Å²) < 4.78 is 1.08. The minimum atomic E-state index is 0.780. The maximum atomic E-state index is 5.75. The summed E-state index contributed by atoms with van der Waals surface area (Å²) >= 11 is 5.19. The van der Waals surface area contributed by atoms with E-state index in [2.05, 4.69) is 31.6 Å². The molecule has 1 heterocycles. The number of halogens is 1. The van der Waals surface area contributed by atoms with Crippen molar-refractivity contribution < 1.29 is 0 Å². The molecule has 0 fully saturated rings. The van der Waals surface area contributed by atoms with Crippen molar-refractivity contribution in [1.82, 2.24) is 10.3 Å². The third-order valence-corrected chi connectivity index (χ3v) is 3.95. The van der Waals surface area contributed by atoms with Gasteiger partial charge in [-0.25, -0.2) is 4.98 Å². The van der Waals surface area contributed by atoms with Gasteiger partial charge in [0, 0.05) is 28.6 Å². The lowest BCUT2D eigenvalue weighted by atomic mass is 10.2. The fourth-order valence-corrected chi connectivity index (χ4v) is 2.54. The molecular formula is C12H14BrN3S. The summed E-state index contributed by atoms with van der Waals surface area (Å²) in [4.78, 5) is 4.40. The van der Waals surface area contributed by atoms with Crippen LogP contribution in [0.1, 0.15) is 16.3 Å². The Bertz CT molecular complexity index is 510. The van der Waals surface area contributed by atoms with E-state index in [1.165, 1.54) is 0 Å². The minimum Gasteiger partial charge on any atom is -0.399 e. The van der Waals surface area contributed by atoms with Crippen LogP contribution < -0.4 is 11.1 Å². The number of nitrogen functional groups attached to an aromatic ring is 1. The van der Waals surface area contributed by atoms with Crippen LogP contribution in [-0.4, -0.2) is 4.98 Å². The van der Waals surface area contributed by atoms with Gasteiger partial charge in [0.2, 0.25) is 0 Å². The number of thiazole rings is 1. The van der Waals surface area contributed by atoms with Gasteiger partial charge in [0.1, 0.15) is 0 Å². The quantitative estimate of drug-likeness (QED) is 0.853. The zero-order chi connectivity index (χ0) is 12.3. The molecule has 0 aliphatic rings. The molecular weight excluding hydrogens is 298 g/mol. The first-order valence-electron chi connectivity index (χ1n) is 5.31. The van der Waals surface area contributed by atoms with E-state index >= 15 is 0 Å². The molecule has 2 aromatic rings. The first kappa shape index (κ1) is 12.5. The van der Waals surface area contributed by atoms with Crippen molar-refractivity contribution in [3.63, 3.8) is 0 Å². The third kappa shape index (κ3) is 3.52. The van der Waals surface area contributed by atoms with Crippen molar-refractivity contribution in [3.8, 4) is 0 Å². The smallest absolute Gasteiger partial charge is 0.0897 e. The number of hydrogen-bond donors (Lipinski definition) is 2. The van der Waals surface area contributed by atoms with Crippen LogP contribution in [-0.2, 0) is 13.1 Å². The maximum absolute atomic E-state index is 5.75. The van der Waals surface area contributed by atoms with Gasteiger partial charge in [0.25, 0.3) is 0 Å². The summed E-state index contributed by atoms with van der Waals surface area (Å²) in [6, 6.07) is 5.83. The van der Waals surface area contributed by atoms with Crippen LogP contribution in [0.25, 0.3) is 0 Å². The zero-order valence-electron chi connectivity index (χ0n) is 9.53. The molecule has 0 saturated carbocycles. The van der Waals surface area contributed by atoms with E-state index in [1.807, 2.05) is 25.1 Å². The summed E-state index contributed by atoms with van der Waals surface area (Å²) in [6.07, 6.45) is 0. The van der Waals surface area contributed by atoms with E-state index in [-0.39, 0.29) is 0 Å². The molecule has 0 spiro atoms. The third-order valence-electron chi connectivity index (χ3n) is 2.36. The SMILES string of the molecule is Cc1nc(CNCc2cc(N)ccc2Br)cs1. The van der Waals surface area contributed by atoms with E-state index in [1.54, 1.807) is 11.3 Å². The lowest BCUT2D eigenvalue weighted by molar-refractivity contribution is 0.680. The Hall–Kier alpha value is -0.910. The number of aromatic nitrogens is 1. The second-order valence-corrected chi connectivity index (χ2v) is 5.73. The lowest BCUT2D eigenvalue weighted by Gasteiger charge is -2.06. The molecule has 0 bridgehead atoms. The van der Waals surface area contributed by atoms with Gasteiger partial charge in [-0.2, -0.15) is 0 Å². The predicted octanol–water partition coefficient (Wildman–Crippen LogP) is 3.09. The summed E-state index contributed by atoms with van der Waals surface area (Å²) in [6.45, 7) is 3.58. The Morgan fingerprint density at radius 2 is 2.24 bits per heavy atom. The monoisotopic (exact) mass is 311 g/mol. The van der Waals surface area contributed by atoms with Crippen molar-refractivity contribution in [2.45, 2.75) is 20.0 Å². The maximum Gasteiger partial charge on any atom is 0.0897 e. The minimum absolute atomic E-state index is 0.780. The van der Waals surface area contributed by atoms with Crippen molar-refractivity contribution in [2.24, 2.45) is 0 Å². The molecule has 0 radical (unpaired) electrons. The Morgan fingerprint density at radius 3 is 2.94 bits per heavy atom. The van der Waals surface area contributed by atoms with Crippen LogP contribution in [0.4, 0.5) is 5.69 Å². The van der Waals surface area contributed by atoms with E-state index in [4.69, 9.17) is 5.73 Å². The normalized spacial score (nSPS) is 10.7. The molecule has 3 N–H and O–H groups in total. The standard InChI is InChI=1S/C12H14BrN3S/c1-8-16-11(7-17-8)6-15-5-9-4-10(14)2-3-12(9)13/h2-4,7,15H,5-6,14H2,1H3. The summed E-state index contributed by atoms with van der Waals surface area (Å²) in [7, 11) is 0. The fourth-order valence-electron chi connectivity index (χ4n) is 1.54. The Kier molecular flexibility index (Phi) is 4.15. The Morgan fingerprint density at radius 1 is 1.41 bits per heavy atom. The molecule has 1 aromatic carbocycles. The number of nitrogens with one attached hydrogen (secondary N) is 1. The molecule has 1 aromatic heterocycles. The molecule has 0 aliphatic heterocycles. The van der Waals surface area contributed by atoms with Gasteiger partial charge in [-0.15, -0.1) is 11.3 Å². The highest BCUT2D eigenvalue weighted by atomic mass is 79.9. The number of nitrogens with zero attached hydrogens (tertiary/aromatic N) is 1. The number of hydrogen-bond acceptors (Lipinski definition) is 4. The molecule has 17 heavy (non-hydrogen) atoms. The van der Waals surface area contributed by atoms with Crippen LogP contribution in [0.2, 0.25) is 0 Å². The second-order valence-electron chi connectivity index (χ2n) is 3.81. The molecule has 0 saturated heterocycles. The molecule has 0 aliphatic carbocycles. The van der Waals surface area contributed by atoms with Gasteiger partial charge in [0.05, 0.1) is 10.7 Å². The molecule has 0 unspecified atom stereocenters. The average Bonchev–Trinajstić information content (AvgIpc) is 2.69. The van der Waals surface area contributed by atoms with Crippen molar-refractivity contribution in [1.29, 1.82) is 0 Å². The van der Waals surface area contributed by atoms with Crippen LogP contribution in [0.5, 0.6) is 0 Å². The first-order valence-corrected chi connectivity index (χ1v) is 6.98. The highest BCUT2D eigenvalue weighted by molar-refractivity contribution is 9.10. The van der Waals surface area contributed by atoms with Gasteiger partial charge < -0.3 is 11.1 Å². The van der Waals surface area contributed by atoms with Crippen molar-refractivity contribution >= 4 is 33.0 Å². The van der Waals surface area contributed by atoms with Gasteiger partial charge in [-0.1, -0.05) is 15.9 Å². The molecule has 5 heteroatoms. The zero-order valence-corrected chi connectivity index (χ0v) is 11.9. The van der Waals surface area contributed by atoms with Crippen LogP contribution in [0.15, 0.2) is 28.1 Å². The van der Waals surface area contributed by atoms with E-state index in [0.29, 0.717) is 0 Å². The molecule has 0 amide bonds. The van der Waals surface area contributed by atoms with Gasteiger partial charge >= 0.3 is 0 Å². The molecule has 90 valence electrons. The van der Waals surface area contributed by atoms with Crippen LogP contribution in [0.3, 0.4) is 0 Å². The largest absolute Gasteiger partial charge is 0.399 e. The highest BCUT2D eigenvalue weighted by Gasteiger charge is 2.01. The number of aryl methyl sites for hydroxylation is 1.